The van der Waals surface area contributed by atoms with Gasteiger partial charge in [-0.2, -0.15) is 0 Å². The fourth-order valence-electron chi connectivity index (χ4n) is 3.06. The maximum Gasteiger partial charge on any atom is 0.326 e. The van der Waals surface area contributed by atoms with Gasteiger partial charge in [0.1, 0.15) is 0 Å². The quantitative estimate of drug-likeness (QED) is 0.898. The summed E-state index contributed by atoms with van der Waals surface area (Å²) in [5, 5.41) is 0. The standard InChI is InChI=1S/C15H21N3O/c1-10(2)7-17-9-12-5-4-6-13-14(12)18(8-11(17)3)15(19)16-13/h4-6,10-11H,7-9H2,1-3H3,(H,16,19). The number of nitrogens with one attached hydrogen (secondary N) is 1. The van der Waals surface area contributed by atoms with Gasteiger partial charge >= 0.3 is 5.69 Å². The molecule has 19 heavy (non-hydrogen) atoms. The van der Waals surface area contributed by atoms with Gasteiger partial charge in [0.25, 0.3) is 0 Å². The highest BCUT2D eigenvalue weighted by Crippen LogP contribution is 2.23. The van der Waals surface area contributed by atoms with Crippen molar-refractivity contribution in [1.29, 1.82) is 0 Å². The minimum atomic E-state index is 0.0145. The van der Waals surface area contributed by atoms with Crippen molar-refractivity contribution in [2.45, 2.75) is 39.9 Å². The molecule has 0 aliphatic carbocycles. The topological polar surface area (TPSA) is 41.0 Å². The summed E-state index contributed by atoms with van der Waals surface area (Å²) < 4.78 is 1.90. The van der Waals surface area contributed by atoms with Crippen LogP contribution in [0.2, 0.25) is 0 Å². The highest BCUT2D eigenvalue weighted by molar-refractivity contribution is 5.79. The Morgan fingerprint density at radius 1 is 1.42 bits per heavy atom. The number of H-pyrrole nitrogens is 1. The molecule has 0 fully saturated rings. The largest absolute Gasteiger partial charge is 0.326 e. The number of hydrogen-bond acceptors (Lipinski definition) is 2. The molecule has 0 saturated carbocycles. The Balaban J connectivity index is 2.11. The van der Waals surface area contributed by atoms with Gasteiger partial charge in [-0.15, -0.1) is 0 Å². The third-order valence-corrected chi connectivity index (χ3v) is 3.92. The first-order valence-electron chi connectivity index (χ1n) is 7.00. The molecule has 102 valence electrons. The van der Waals surface area contributed by atoms with Gasteiger partial charge in [0, 0.05) is 25.7 Å². The molecule has 0 bridgehead atoms. The molecule has 1 N–H and O–H groups in total. The number of para-hydroxylation sites is 1. The monoisotopic (exact) mass is 259 g/mol. The number of aromatic nitrogens is 2. The molecule has 4 heteroatoms. The smallest absolute Gasteiger partial charge is 0.306 e. The first-order chi connectivity index (χ1) is 9.06. The van der Waals surface area contributed by atoms with Gasteiger partial charge in [-0.05, 0) is 24.5 Å². The van der Waals surface area contributed by atoms with E-state index < -0.39 is 0 Å². The van der Waals surface area contributed by atoms with E-state index >= 15 is 0 Å². The maximum atomic E-state index is 12.1. The fraction of sp³-hybridized carbons (Fsp3) is 0.533. The summed E-state index contributed by atoms with van der Waals surface area (Å²) >= 11 is 0. The van der Waals surface area contributed by atoms with E-state index in [-0.39, 0.29) is 5.69 Å². The van der Waals surface area contributed by atoms with Gasteiger partial charge in [0.05, 0.1) is 11.0 Å². The molecule has 1 aliphatic rings. The molecular formula is C15H21N3O. The Labute approximate surface area is 113 Å². The summed E-state index contributed by atoms with van der Waals surface area (Å²) in [6, 6.07) is 6.53. The van der Waals surface area contributed by atoms with Crippen LogP contribution in [-0.4, -0.2) is 27.0 Å². The van der Waals surface area contributed by atoms with Gasteiger partial charge in [-0.25, -0.2) is 4.79 Å². The number of aromatic amines is 1. The van der Waals surface area contributed by atoms with Crippen molar-refractivity contribution >= 4 is 11.0 Å². The molecule has 4 nitrogen and oxygen atoms in total. The lowest BCUT2D eigenvalue weighted by Crippen LogP contribution is -2.38. The Hall–Kier alpha value is -1.55. The first-order valence-corrected chi connectivity index (χ1v) is 7.00. The summed E-state index contributed by atoms with van der Waals surface area (Å²) in [4.78, 5) is 17.5. The van der Waals surface area contributed by atoms with Crippen molar-refractivity contribution in [2.75, 3.05) is 6.54 Å². The molecule has 1 atom stereocenters. The predicted molar refractivity (Wildman–Crippen MR) is 77.3 cm³/mol. The molecular weight excluding hydrogens is 238 g/mol. The Kier molecular flexibility index (Phi) is 2.97. The van der Waals surface area contributed by atoms with E-state index in [4.69, 9.17) is 0 Å². The molecule has 2 heterocycles. The van der Waals surface area contributed by atoms with E-state index in [9.17, 15) is 4.79 Å². The van der Waals surface area contributed by atoms with Crippen molar-refractivity contribution < 1.29 is 0 Å². The minimum absolute atomic E-state index is 0.0145. The minimum Gasteiger partial charge on any atom is -0.306 e. The van der Waals surface area contributed by atoms with Crippen LogP contribution in [0.4, 0.5) is 0 Å². The van der Waals surface area contributed by atoms with Crippen molar-refractivity contribution in [3.05, 3.63) is 34.2 Å². The molecule has 0 spiro atoms. The SMILES string of the molecule is CC(C)CN1Cc2cccc3[nH]c(=O)n(c23)CC1C. The second kappa shape index (κ2) is 4.53. The van der Waals surface area contributed by atoms with Gasteiger partial charge in [0.15, 0.2) is 0 Å². The van der Waals surface area contributed by atoms with E-state index in [1.807, 2.05) is 16.7 Å². The molecule has 2 aromatic rings. The van der Waals surface area contributed by atoms with Crippen molar-refractivity contribution in [1.82, 2.24) is 14.5 Å². The fourth-order valence-corrected chi connectivity index (χ4v) is 3.06. The Bertz CT molecular complexity index is 653. The molecule has 1 aromatic heterocycles. The summed E-state index contributed by atoms with van der Waals surface area (Å²) in [7, 11) is 0. The highest BCUT2D eigenvalue weighted by atomic mass is 16.1. The molecule has 0 radical (unpaired) electrons. The summed E-state index contributed by atoms with van der Waals surface area (Å²) in [6.45, 7) is 9.45. The number of hydrogen-bond donors (Lipinski definition) is 1. The molecule has 1 aliphatic heterocycles. The summed E-state index contributed by atoms with van der Waals surface area (Å²) in [5.74, 6) is 0.636. The van der Waals surface area contributed by atoms with Crippen LogP contribution in [0, 0.1) is 5.92 Å². The van der Waals surface area contributed by atoms with E-state index in [1.165, 1.54) is 5.56 Å². The third-order valence-electron chi connectivity index (χ3n) is 3.92. The zero-order valence-electron chi connectivity index (χ0n) is 11.8. The maximum absolute atomic E-state index is 12.1. The van der Waals surface area contributed by atoms with Crippen LogP contribution < -0.4 is 5.69 Å². The molecule has 1 aromatic carbocycles. The number of benzene rings is 1. The van der Waals surface area contributed by atoms with E-state index in [2.05, 4.69) is 36.7 Å². The molecule has 1 unspecified atom stereocenters. The Morgan fingerprint density at radius 2 is 2.21 bits per heavy atom. The average molecular weight is 259 g/mol. The van der Waals surface area contributed by atoms with Crippen LogP contribution in [0.25, 0.3) is 11.0 Å². The highest BCUT2D eigenvalue weighted by Gasteiger charge is 2.23. The predicted octanol–water partition coefficient (Wildman–Crippen LogP) is 2.19. The third kappa shape index (κ3) is 2.10. The lowest BCUT2D eigenvalue weighted by molar-refractivity contribution is 0.168. The summed E-state index contributed by atoms with van der Waals surface area (Å²) in [6.07, 6.45) is 0. The zero-order valence-corrected chi connectivity index (χ0v) is 11.8. The van der Waals surface area contributed by atoms with Crippen molar-refractivity contribution in [3.63, 3.8) is 0 Å². The van der Waals surface area contributed by atoms with Crippen LogP contribution in [0.3, 0.4) is 0 Å². The van der Waals surface area contributed by atoms with E-state index in [0.717, 1.165) is 30.7 Å². The lowest BCUT2D eigenvalue weighted by atomic mass is 10.1. The van der Waals surface area contributed by atoms with Gasteiger partial charge in [-0.1, -0.05) is 26.0 Å². The van der Waals surface area contributed by atoms with Crippen LogP contribution in [0.15, 0.2) is 23.0 Å². The van der Waals surface area contributed by atoms with Crippen LogP contribution in [-0.2, 0) is 13.1 Å². The normalized spacial score (nSPS) is 20.1. The summed E-state index contributed by atoms with van der Waals surface area (Å²) in [5.41, 5.74) is 3.31. The van der Waals surface area contributed by atoms with Crippen molar-refractivity contribution in [2.24, 2.45) is 5.92 Å². The van der Waals surface area contributed by atoms with E-state index in [0.29, 0.717) is 12.0 Å². The van der Waals surface area contributed by atoms with Gasteiger partial charge in [0.2, 0.25) is 0 Å². The lowest BCUT2D eigenvalue weighted by Gasteiger charge is -2.28. The number of nitrogens with zero attached hydrogens (tertiary/aromatic N) is 2. The molecule has 0 saturated heterocycles. The van der Waals surface area contributed by atoms with Crippen LogP contribution >= 0.6 is 0 Å². The zero-order chi connectivity index (χ0) is 13.6. The van der Waals surface area contributed by atoms with Gasteiger partial charge < -0.3 is 4.98 Å². The van der Waals surface area contributed by atoms with Crippen molar-refractivity contribution in [3.8, 4) is 0 Å². The van der Waals surface area contributed by atoms with Gasteiger partial charge in [-0.3, -0.25) is 9.47 Å². The molecule has 3 rings (SSSR count). The van der Waals surface area contributed by atoms with Crippen LogP contribution in [0.1, 0.15) is 26.3 Å². The second-order valence-corrected chi connectivity index (χ2v) is 6.03. The van der Waals surface area contributed by atoms with E-state index in [1.54, 1.807) is 0 Å². The Morgan fingerprint density at radius 3 is 2.95 bits per heavy atom. The molecule has 0 amide bonds. The number of imidazole rings is 1. The first kappa shape index (κ1) is 12.5. The second-order valence-electron chi connectivity index (χ2n) is 6.03. The number of rotatable bonds is 2. The van der Waals surface area contributed by atoms with Crippen LogP contribution in [0.5, 0.6) is 0 Å². The average Bonchev–Trinajstić information content (AvgIpc) is 2.57.